The number of aryl methyl sites for hydroxylation is 2. The summed E-state index contributed by atoms with van der Waals surface area (Å²) < 4.78 is 51.4. The van der Waals surface area contributed by atoms with Gasteiger partial charge < -0.3 is 9.47 Å². The fraction of sp³-hybridized carbons (Fsp3) is 0.423. The number of pyridine rings is 1. The molecule has 0 radical (unpaired) electrons. The predicted molar refractivity (Wildman–Crippen MR) is 126 cm³/mol. The molecule has 1 aromatic carbocycles. The molecule has 0 aliphatic rings. The number of esters is 1. The lowest BCUT2D eigenvalue weighted by molar-refractivity contribution is -0.138. The minimum atomic E-state index is -4.44. The van der Waals surface area contributed by atoms with Gasteiger partial charge in [0, 0.05) is 25.2 Å². The number of carbonyl (C=O) groups is 1. The third kappa shape index (κ3) is 6.83. The first-order valence-electron chi connectivity index (χ1n) is 11.6. The number of benzene rings is 1. The molecule has 0 saturated heterocycles. The molecule has 35 heavy (non-hydrogen) atoms. The van der Waals surface area contributed by atoms with Crippen molar-refractivity contribution in [1.29, 1.82) is 0 Å². The van der Waals surface area contributed by atoms with Crippen LogP contribution in [0.2, 0.25) is 0 Å². The van der Waals surface area contributed by atoms with Gasteiger partial charge in [-0.15, -0.1) is 0 Å². The third-order valence-corrected chi connectivity index (χ3v) is 5.59. The Morgan fingerprint density at radius 3 is 2.60 bits per heavy atom. The van der Waals surface area contributed by atoms with Crippen molar-refractivity contribution in [2.24, 2.45) is 0 Å². The minimum Gasteiger partial charge on any atom is -0.489 e. The molecule has 1 unspecified atom stereocenters. The third-order valence-electron chi connectivity index (χ3n) is 5.59. The standard InChI is InChI=1S/C26H30F3N3O3/c1-5-8-17(2)24-20(16-32(31-24)23-13-12-21(15-30-23)26(27,28)29)10-7-14-34-25-18(3)9-6-11-22(25)35-19(4)33/h6,9,11-13,15-17H,5,7-8,10,14H2,1-4H3. The largest absolute Gasteiger partial charge is 0.489 e. The van der Waals surface area contributed by atoms with Crippen LogP contribution >= 0.6 is 0 Å². The Morgan fingerprint density at radius 1 is 1.20 bits per heavy atom. The number of para-hydroxylation sites is 1. The van der Waals surface area contributed by atoms with E-state index >= 15 is 0 Å². The van der Waals surface area contributed by atoms with Crippen molar-refractivity contribution in [3.05, 3.63) is 65.1 Å². The molecule has 188 valence electrons. The lowest BCUT2D eigenvalue weighted by atomic mass is 9.97. The van der Waals surface area contributed by atoms with Crippen LogP contribution in [0, 0.1) is 6.92 Å². The van der Waals surface area contributed by atoms with Crippen LogP contribution < -0.4 is 9.47 Å². The lowest BCUT2D eigenvalue weighted by Crippen LogP contribution is -2.07. The molecule has 0 aliphatic carbocycles. The average Bonchev–Trinajstić information content (AvgIpc) is 3.22. The maximum atomic E-state index is 12.9. The van der Waals surface area contributed by atoms with Crippen LogP contribution in [0.5, 0.6) is 11.5 Å². The number of rotatable bonds is 10. The molecule has 1 atom stereocenters. The Kier molecular flexibility index (Phi) is 8.53. The van der Waals surface area contributed by atoms with Crippen molar-refractivity contribution in [2.45, 2.75) is 65.5 Å². The number of aromatic nitrogens is 3. The fourth-order valence-corrected chi connectivity index (χ4v) is 3.89. The van der Waals surface area contributed by atoms with Crippen molar-refractivity contribution in [1.82, 2.24) is 14.8 Å². The van der Waals surface area contributed by atoms with E-state index in [1.807, 2.05) is 19.2 Å². The Balaban J connectivity index is 1.74. The highest BCUT2D eigenvalue weighted by molar-refractivity contribution is 5.70. The van der Waals surface area contributed by atoms with Crippen molar-refractivity contribution in [3.63, 3.8) is 0 Å². The smallest absolute Gasteiger partial charge is 0.417 e. The van der Waals surface area contributed by atoms with E-state index in [1.54, 1.807) is 12.1 Å². The molecule has 0 bridgehead atoms. The number of carbonyl (C=O) groups excluding carboxylic acids is 1. The summed E-state index contributed by atoms with van der Waals surface area (Å²) in [6.45, 7) is 7.81. The number of nitrogens with zero attached hydrogens (tertiary/aromatic N) is 3. The van der Waals surface area contributed by atoms with E-state index in [-0.39, 0.29) is 5.92 Å². The Hall–Kier alpha value is -3.36. The van der Waals surface area contributed by atoms with Gasteiger partial charge in [0.05, 0.1) is 17.9 Å². The molecule has 9 heteroatoms. The van der Waals surface area contributed by atoms with Crippen LogP contribution in [-0.4, -0.2) is 27.3 Å². The highest BCUT2D eigenvalue weighted by atomic mass is 19.4. The molecule has 0 N–H and O–H groups in total. The summed E-state index contributed by atoms with van der Waals surface area (Å²) in [7, 11) is 0. The summed E-state index contributed by atoms with van der Waals surface area (Å²) in [6.07, 6.45) is 1.48. The van der Waals surface area contributed by atoms with Gasteiger partial charge in [0.15, 0.2) is 17.3 Å². The second-order valence-electron chi connectivity index (χ2n) is 8.52. The molecular formula is C26H30F3N3O3. The molecule has 0 spiro atoms. The molecule has 0 fully saturated rings. The van der Waals surface area contributed by atoms with Crippen molar-refractivity contribution in [3.8, 4) is 17.3 Å². The van der Waals surface area contributed by atoms with E-state index in [2.05, 4.69) is 23.9 Å². The maximum absolute atomic E-state index is 12.9. The summed E-state index contributed by atoms with van der Waals surface area (Å²) in [5.41, 5.74) is 1.98. The van der Waals surface area contributed by atoms with Gasteiger partial charge in [0.25, 0.3) is 0 Å². The van der Waals surface area contributed by atoms with Crippen LogP contribution in [0.3, 0.4) is 0 Å². The van der Waals surface area contributed by atoms with Gasteiger partial charge in [-0.1, -0.05) is 32.4 Å². The van der Waals surface area contributed by atoms with Gasteiger partial charge in [-0.25, -0.2) is 9.67 Å². The Morgan fingerprint density at radius 2 is 1.97 bits per heavy atom. The molecule has 0 amide bonds. The van der Waals surface area contributed by atoms with Crippen LogP contribution in [0.15, 0.2) is 42.7 Å². The molecular weight excluding hydrogens is 459 g/mol. The zero-order chi connectivity index (χ0) is 25.6. The normalized spacial score (nSPS) is 12.4. The summed E-state index contributed by atoms with van der Waals surface area (Å²) in [5, 5.41) is 4.66. The van der Waals surface area contributed by atoms with Gasteiger partial charge in [0.2, 0.25) is 0 Å². The molecule has 3 rings (SSSR count). The van der Waals surface area contributed by atoms with Gasteiger partial charge in [-0.2, -0.15) is 18.3 Å². The molecule has 2 heterocycles. The highest BCUT2D eigenvalue weighted by Crippen LogP contribution is 2.32. The van der Waals surface area contributed by atoms with Crippen LogP contribution in [0.4, 0.5) is 13.2 Å². The first-order valence-corrected chi connectivity index (χ1v) is 11.6. The van der Waals surface area contributed by atoms with E-state index in [0.717, 1.165) is 41.9 Å². The number of alkyl halides is 3. The SMILES string of the molecule is CCCC(C)c1nn(-c2ccc(C(F)(F)F)cn2)cc1CCCOc1c(C)cccc1OC(C)=O. The van der Waals surface area contributed by atoms with E-state index in [0.29, 0.717) is 36.8 Å². The second-order valence-corrected chi connectivity index (χ2v) is 8.52. The van der Waals surface area contributed by atoms with Crippen LogP contribution in [-0.2, 0) is 17.4 Å². The van der Waals surface area contributed by atoms with Gasteiger partial charge >= 0.3 is 12.1 Å². The Labute approximate surface area is 203 Å². The van der Waals surface area contributed by atoms with Gasteiger partial charge in [-0.05, 0) is 55.5 Å². The van der Waals surface area contributed by atoms with Crippen molar-refractivity contribution in [2.75, 3.05) is 6.61 Å². The molecule has 2 aromatic heterocycles. The summed E-state index contributed by atoms with van der Waals surface area (Å²) in [6, 6.07) is 7.70. The molecule has 3 aromatic rings. The van der Waals surface area contributed by atoms with E-state index in [1.165, 1.54) is 17.7 Å². The molecule has 6 nitrogen and oxygen atoms in total. The highest BCUT2D eigenvalue weighted by Gasteiger charge is 2.30. The van der Waals surface area contributed by atoms with Gasteiger partial charge in [-0.3, -0.25) is 4.79 Å². The average molecular weight is 490 g/mol. The predicted octanol–water partition coefficient (Wildman–Crippen LogP) is 6.44. The van der Waals surface area contributed by atoms with Crippen molar-refractivity contribution < 1.29 is 27.4 Å². The maximum Gasteiger partial charge on any atom is 0.417 e. The Bertz CT molecular complexity index is 1140. The van der Waals surface area contributed by atoms with Crippen molar-refractivity contribution >= 4 is 5.97 Å². The molecule has 0 aliphatic heterocycles. The summed E-state index contributed by atoms with van der Waals surface area (Å²) in [4.78, 5) is 15.4. The number of ether oxygens (including phenoxy) is 2. The van der Waals surface area contributed by atoms with Gasteiger partial charge in [0.1, 0.15) is 0 Å². The number of halogens is 3. The van der Waals surface area contributed by atoms with Crippen LogP contribution in [0.25, 0.3) is 5.82 Å². The first kappa shape index (κ1) is 26.2. The van der Waals surface area contributed by atoms with E-state index < -0.39 is 17.7 Å². The zero-order valence-electron chi connectivity index (χ0n) is 20.4. The second kappa shape index (κ2) is 11.4. The number of hydrogen-bond acceptors (Lipinski definition) is 5. The fourth-order valence-electron chi connectivity index (χ4n) is 3.89. The summed E-state index contributed by atoms with van der Waals surface area (Å²) >= 11 is 0. The van der Waals surface area contributed by atoms with E-state index in [4.69, 9.17) is 9.47 Å². The topological polar surface area (TPSA) is 66.2 Å². The first-order chi connectivity index (χ1) is 16.6. The van der Waals surface area contributed by atoms with Crippen LogP contribution in [0.1, 0.15) is 68.3 Å². The van der Waals surface area contributed by atoms with E-state index in [9.17, 15) is 18.0 Å². The molecule has 0 saturated carbocycles. The summed E-state index contributed by atoms with van der Waals surface area (Å²) in [5.74, 6) is 1.03. The lowest BCUT2D eigenvalue weighted by Gasteiger charge is -2.14. The monoisotopic (exact) mass is 489 g/mol. The quantitative estimate of drug-likeness (QED) is 0.186. The minimum absolute atomic E-state index is 0.193. The number of hydrogen-bond donors (Lipinski definition) is 0. The zero-order valence-corrected chi connectivity index (χ0v) is 20.4.